The Labute approximate surface area is 195 Å². The van der Waals surface area contributed by atoms with Gasteiger partial charge in [-0.2, -0.15) is 24.2 Å². The van der Waals surface area contributed by atoms with Crippen LogP contribution in [0.3, 0.4) is 0 Å². The Balaban J connectivity index is 1.33. The van der Waals surface area contributed by atoms with Crippen LogP contribution in [0, 0.1) is 23.7 Å². The molecular formula is C25H21F2N7. The van der Waals surface area contributed by atoms with Gasteiger partial charge >= 0.3 is 6.55 Å². The summed E-state index contributed by atoms with van der Waals surface area (Å²) in [7, 11) is 0. The number of hydrogen-bond acceptors (Lipinski definition) is 5. The average Bonchev–Trinajstić information content (AvgIpc) is 3.52. The maximum Gasteiger partial charge on any atom is 0.333 e. The highest BCUT2D eigenvalue weighted by Gasteiger charge is 2.25. The van der Waals surface area contributed by atoms with Crippen molar-refractivity contribution in [2.24, 2.45) is 0 Å². The summed E-state index contributed by atoms with van der Waals surface area (Å²) >= 11 is 0. The van der Waals surface area contributed by atoms with Crippen molar-refractivity contribution in [3.63, 3.8) is 0 Å². The highest BCUT2D eigenvalue weighted by Crippen LogP contribution is 2.35. The van der Waals surface area contributed by atoms with Gasteiger partial charge in [-0.1, -0.05) is 5.92 Å². The Morgan fingerprint density at radius 3 is 2.62 bits per heavy atom. The molecule has 1 aliphatic rings. The quantitative estimate of drug-likeness (QED) is 0.428. The molecule has 0 spiro atoms. The number of anilines is 1. The van der Waals surface area contributed by atoms with Gasteiger partial charge in [0, 0.05) is 18.4 Å². The van der Waals surface area contributed by atoms with Gasteiger partial charge in [0.25, 0.3) is 0 Å². The van der Waals surface area contributed by atoms with Crippen molar-refractivity contribution in [2.45, 2.75) is 44.2 Å². The zero-order valence-electron chi connectivity index (χ0n) is 18.2. The van der Waals surface area contributed by atoms with Crippen molar-refractivity contribution >= 4 is 11.2 Å². The first-order valence-electron chi connectivity index (χ1n) is 11.0. The van der Waals surface area contributed by atoms with Gasteiger partial charge in [0.05, 0.1) is 46.1 Å². The van der Waals surface area contributed by atoms with E-state index in [1.807, 2.05) is 18.2 Å². The standard InChI is InChI=1S/C25H21F2N7/c1-2-17-13-29-23(24-8-7-21-9-16(11-28)12-31-34(21)24)10-22(17)32-20-5-3-18(4-6-20)19-14-30-33(15-19)25(26)27/h1,7-10,12-15,18,20,25H,3-6H2,(H,29,32)/t18-,20-. The number of aromatic nitrogens is 5. The number of nitrogens with zero attached hydrogens (tertiary/aromatic N) is 6. The first kappa shape index (κ1) is 21.6. The molecule has 1 aliphatic carbocycles. The lowest BCUT2D eigenvalue weighted by atomic mass is 9.83. The molecule has 7 nitrogen and oxygen atoms in total. The molecule has 4 aromatic rings. The van der Waals surface area contributed by atoms with Gasteiger partial charge < -0.3 is 5.32 Å². The predicted octanol–water partition coefficient (Wildman–Crippen LogP) is 4.98. The highest BCUT2D eigenvalue weighted by molar-refractivity contribution is 5.70. The normalized spacial score (nSPS) is 18.0. The lowest BCUT2D eigenvalue weighted by Crippen LogP contribution is -2.25. The average molecular weight is 457 g/mol. The summed E-state index contributed by atoms with van der Waals surface area (Å²) in [4.78, 5) is 4.53. The third-order valence-electron chi connectivity index (χ3n) is 6.33. The van der Waals surface area contributed by atoms with E-state index < -0.39 is 6.55 Å². The largest absolute Gasteiger partial charge is 0.381 e. The predicted molar refractivity (Wildman–Crippen MR) is 123 cm³/mol. The van der Waals surface area contributed by atoms with E-state index in [2.05, 4.69) is 32.5 Å². The van der Waals surface area contributed by atoms with E-state index in [0.717, 1.165) is 48.1 Å². The Hall–Kier alpha value is -4.24. The van der Waals surface area contributed by atoms with Crippen LogP contribution in [0.15, 0.2) is 49.1 Å². The van der Waals surface area contributed by atoms with Gasteiger partial charge in [-0.25, -0.2) is 9.20 Å². The van der Waals surface area contributed by atoms with Crippen LogP contribution in [0.5, 0.6) is 0 Å². The van der Waals surface area contributed by atoms with E-state index in [-0.39, 0.29) is 12.0 Å². The number of alkyl halides is 2. The van der Waals surface area contributed by atoms with Crippen molar-refractivity contribution in [3.8, 4) is 29.8 Å². The number of nitriles is 1. The van der Waals surface area contributed by atoms with Crippen LogP contribution in [0.4, 0.5) is 14.5 Å². The fourth-order valence-electron chi connectivity index (χ4n) is 4.55. The minimum Gasteiger partial charge on any atom is -0.381 e. The van der Waals surface area contributed by atoms with E-state index in [1.165, 1.54) is 12.4 Å². The first-order valence-corrected chi connectivity index (χ1v) is 11.0. The van der Waals surface area contributed by atoms with E-state index in [9.17, 15) is 8.78 Å². The SMILES string of the molecule is C#Cc1cnc(-c2ccc3cc(C#N)cnn23)cc1N[C@H]1CC[C@H](c2cnn(C(F)F)c2)CC1. The molecule has 9 heteroatoms. The highest BCUT2D eigenvalue weighted by atomic mass is 19.3. The molecule has 1 N–H and O–H groups in total. The molecule has 0 bridgehead atoms. The van der Waals surface area contributed by atoms with Crippen molar-refractivity contribution in [1.82, 2.24) is 24.4 Å². The van der Waals surface area contributed by atoms with E-state index >= 15 is 0 Å². The van der Waals surface area contributed by atoms with Crippen molar-refractivity contribution in [2.75, 3.05) is 5.32 Å². The number of terminal acetylenes is 1. The molecular weight excluding hydrogens is 436 g/mol. The molecule has 4 heterocycles. The molecule has 0 aromatic carbocycles. The zero-order chi connectivity index (χ0) is 23.7. The van der Waals surface area contributed by atoms with Crippen molar-refractivity contribution < 1.29 is 8.78 Å². The Kier molecular flexibility index (Phi) is 5.69. The molecule has 5 rings (SSSR count). The van der Waals surface area contributed by atoms with E-state index in [1.54, 1.807) is 23.0 Å². The van der Waals surface area contributed by atoms with E-state index in [0.29, 0.717) is 21.5 Å². The van der Waals surface area contributed by atoms with E-state index in [4.69, 9.17) is 11.7 Å². The second kappa shape index (κ2) is 8.95. The summed E-state index contributed by atoms with van der Waals surface area (Å²) in [5.41, 5.74) is 5.17. The smallest absolute Gasteiger partial charge is 0.333 e. The lowest BCUT2D eigenvalue weighted by molar-refractivity contribution is 0.0565. The topological polar surface area (TPSA) is 83.8 Å². The lowest BCUT2D eigenvalue weighted by Gasteiger charge is -2.29. The van der Waals surface area contributed by atoms with Gasteiger partial charge in [0.1, 0.15) is 6.07 Å². The van der Waals surface area contributed by atoms with Crippen LogP contribution in [-0.2, 0) is 0 Å². The number of fused-ring (bicyclic) bond motifs is 1. The van der Waals surface area contributed by atoms with Crippen LogP contribution in [0.1, 0.15) is 54.8 Å². The number of rotatable bonds is 5. The maximum absolute atomic E-state index is 12.8. The molecule has 0 radical (unpaired) electrons. The van der Waals surface area contributed by atoms with Gasteiger partial charge in [0.2, 0.25) is 0 Å². The van der Waals surface area contributed by atoms with Crippen LogP contribution in [-0.4, -0.2) is 30.4 Å². The van der Waals surface area contributed by atoms with Crippen LogP contribution < -0.4 is 5.32 Å². The third-order valence-corrected chi connectivity index (χ3v) is 6.33. The van der Waals surface area contributed by atoms with Gasteiger partial charge in [0.15, 0.2) is 0 Å². The first-order chi connectivity index (χ1) is 16.6. The second-order valence-corrected chi connectivity index (χ2v) is 8.39. The van der Waals surface area contributed by atoms with Crippen molar-refractivity contribution in [1.29, 1.82) is 5.26 Å². The summed E-state index contributed by atoms with van der Waals surface area (Å²) in [6.07, 6.45) is 15.4. The van der Waals surface area contributed by atoms with Crippen molar-refractivity contribution in [3.05, 3.63) is 65.7 Å². The molecule has 0 amide bonds. The summed E-state index contributed by atoms with van der Waals surface area (Å²) < 4.78 is 28.1. The summed E-state index contributed by atoms with van der Waals surface area (Å²) in [6, 6.07) is 9.81. The molecule has 34 heavy (non-hydrogen) atoms. The summed E-state index contributed by atoms with van der Waals surface area (Å²) in [6.45, 7) is -2.61. The molecule has 170 valence electrons. The molecule has 1 saturated carbocycles. The van der Waals surface area contributed by atoms with Gasteiger partial charge in [-0.3, -0.25) is 4.98 Å². The molecule has 1 fully saturated rings. The fraction of sp³-hybridized carbons (Fsp3) is 0.280. The van der Waals surface area contributed by atoms with Crippen LogP contribution in [0.2, 0.25) is 0 Å². The monoisotopic (exact) mass is 457 g/mol. The molecule has 0 saturated heterocycles. The maximum atomic E-state index is 12.8. The Morgan fingerprint density at radius 1 is 1.09 bits per heavy atom. The molecule has 4 aromatic heterocycles. The summed E-state index contributed by atoms with van der Waals surface area (Å²) in [5, 5.41) is 20.8. The Morgan fingerprint density at radius 2 is 1.91 bits per heavy atom. The molecule has 0 unspecified atom stereocenters. The minimum atomic E-state index is -2.61. The molecule has 0 aliphatic heterocycles. The number of halogens is 2. The third kappa shape index (κ3) is 4.08. The number of pyridine rings is 1. The molecule has 0 atom stereocenters. The Bertz CT molecular complexity index is 1420. The van der Waals surface area contributed by atoms with Crippen LogP contribution >= 0.6 is 0 Å². The zero-order valence-corrected chi connectivity index (χ0v) is 18.2. The van der Waals surface area contributed by atoms with Gasteiger partial charge in [-0.05, 0) is 61.4 Å². The minimum absolute atomic E-state index is 0.212. The fourth-order valence-corrected chi connectivity index (χ4v) is 4.55. The summed E-state index contributed by atoms with van der Waals surface area (Å²) in [5.74, 6) is 2.92. The number of nitrogens with one attached hydrogen (secondary N) is 1. The van der Waals surface area contributed by atoms with Gasteiger partial charge in [-0.15, -0.1) is 6.42 Å². The number of hydrogen-bond donors (Lipinski definition) is 1. The second-order valence-electron chi connectivity index (χ2n) is 8.39. The van der Waals surface area contributed by atoms with Crippen LogP contribution in [0.25, 0.3) is 16.9 Å².